The molecule has 2 saturated carbocycles. The Bertz CT molecular complexity index is 640. The zero-order valence-electron chi connectivity index (χ0n) is 15.1. The van der Waals surface area contributed by atoms with Crippen LogP contribution >= 0.6 is 11.6 Å². The van der Waals surface area contributed by atoms with E-state index in [0.717, 1.165) is 38.5 Å². The van der Waals surface area contributed by atoms with E-state index in [9.17, 15) is 14.0 Å². The van der Waals surface area contributed by atoms with Crippen LogP contribution in [0, 0.1) is 11.7 Å². The average molecular weight is 381 g/mol. The third kappa shape index (κ3) is 4.56. The van der Waals surface area contributed by atoms with Gasteiger partial charge in [0.05, 0.1) is 0 Å². The SMILES string of the molecule is CC1CCC(NC(=O)[C@H](c2ccc(F)cc2)N(C(=O)CCl)C2CC2)CC1. The van der Waals surface area contributed by atoms with Gasteiger partial charge in [-0.2, -0.15) is 0 Å². The molecule has 1 aromatic carbocycles. The third-order valence-corrected chi connectivity index (χ3v) is 5.65. The van der Waals surface area contributed by atoms with Crippen LogP contribution in [0.15, 0.2) is 24.3 Å². The van der Waals surface area contributed by atoms with Crippen molar-refractivity contribution < 1.29 is 14.0 Å². The molecule has 0 aliphatic heterocycles. The lowest BCUT2D eigenvalue weighted by Crippen LogP contribution is -2.48. The first-order valence-electron chi connectivity index (χ1n) is 9.42. The van der Waals surface area contributed by atoms with E-state index >= 15 is 0 Å². The van der Waals surface area contributed by atoms with E-state index in [1.807, 2.05) is 0 Å². The number of rotatable bonds is 6. The highest BCUT2D eigenvalue weighted by Gasteiger charge is 2.41. The van der Waals surface area contributed by atoms with Gasteiger partial charge in [-0.1, -0.05) is 19.1 Å². The Labute approximate surface area is 159 Å². The van der Waals surface area contributed by atoms with Crippen LogP contribution in [0.25, 0.3) is 0 Å². The largest absolute Gasteiger partial charge is 0.351 e. The normalized spacial score (nSPS) is 24.0. The first-order chi connectivity index (χ1) is 12.5. The zero-order valence-corrected chi connectivity index (χ0v) is 15.8. The van der Waals surface area contributed by atoms with E-state index in [-0.39, 0.29) is 35.6 Å². The minimum atomic E-state index is -0.756. The Morgan fingerprint density at radius 1 is 1.15 bits per heavy atom. The molecule has 0 saturated heterocycles. The van der Waals surface area contributed by atoms with Crippen molar-refractivity contribution in [3.05, 3.63) is 35.6 Å². The fourth-order valence-corrected chi connectivity index (χ4v) is 3.89. The molecule has 0 bridgehead atoms. The molecular formula is C20H26ClFN2O2. The fraction of sp³-hybridized carbons (Fsp3) is 0.600. The highest BCUT2D eigenvalue weighted by Crippen LogP contribution is 2.35. The molecule has 2 aliphatic carbocycles. The molecule has 26 heavy (non-hydrogen) atoms. The van der Waals surface area contributed by atoms with Gasteiger partial charge in [-0.25, -0.2) is 4.39 Å². The second-order valence-corrected chi connectivity index (χ2v) is 7.85. The average Bonchev–Trinajstić information content (AvgIpc) is 3.46. The monoisotopic (exact) mass is 380 g/mol. The van der Waals surface area contributed by atoms with Crippen molar-refractivity contribution in [3.8, 4) is 0 Å². The van der Waals surface area contributed by atoms with Gasteiger partial charge in [-0.05, 0) is 62.1 Å². The van der Waals surface area contributed by atoms with Gasteiger partial charge in [0, 0.05) is 12.1 Å². The predicted octanol–water partition coefficient (Wildman–Crippen LogP) is 3.79. The topological polar surface area (TPSA) is 49.4 Å². The summed E-state index contributed by atoms with van der Waals surface area (Å²) in [5.41, 5.74) is 0.624. The number of amides is 2. The van der Waals surface area contributed by atoms with Gasteiger partial charge in [0.15, 0.2) is 0 Å². The fourth-order valence-electron chi connectivity index (χ4n) is 3.75. The summed E-state index contributed by atoms with van der Waals surface area (Å²) in [5, 5.41) is 3.13. The summed E-state index contributed by atoms with van der Waals surface area (Å²) in [6, 6.07) is 5.23. The van der Waals surface area contributed by atoms with Crippen LogP contribution in [0.2, 0.25) is 0 Å². The lowest BCUT2D eigenvalue weighted by Gasteiger charge is -2.34. The molecular weight excluding hydrogens is 355 g/mol. The summed E-state index contributed by atoms with van der Waals surface area (Å²) >= 11 is 5.81. The number of carbonyl (C=O) groups excluding carboxylic acids is 2. The number of halogens is 2. The molecule has 6 heteroatoms. The molecule has 2 fully saturated rings. The summed E-state index contributed by atoms with van der Waals surface area (Å²) in [6.45, 7) is 2.23. The second kappa shape index (κ2) is 8.38. The van der Waals surface area contributed by atoms with Gasteiger partial charge in [-0.15, -0.1) is 11.6 Å². The molecule has 0 spiro atoms. The Kier molecular flexibility index (Phi) is 6.17. The molecule has 1 N–H and O–H groups in total. The summed E-state index contributed by atoms with van der Waals surface area (Å²) in [5.74, 6) is -0.285. The van der Waals surface area contributed by atoms with E-state index < -0.39 is 6.04 Å². The molecule has 0 aromatic heterocycles. The Hall–Kier alpha value is -1.62. The summed E-state index contributed by atoms with van der Waals surface area (Å²) in [6.07, 6.45) is 5.84. The van der Waals surface area contributed by atoms with E-state index in [1.165, 1.54) is 12.1 Å². The number of nitrogens with zero attached hydrogens (tertiary/aromatic N) is 1. The van der Waals surface area contributed by atoms with E-state index in [2.05, 4.69) is 12.2 Å². The van der Waals surface area contributed by atoms with Crippen LogP contribution in [0.3, 0.4) is 0 Å². The zero-order chi connectivity index (χ0) is 18.7. The van der Waals surface area contributed by atoms with Crippen LogP contribution in [-0.2, 0) is 9.59 Å². The maximum absolute atomic E-state index is 13.4. The Morgan fingerprint density at radius 3 is 2.31 bits per heavy atom. The minimum Gasteiger partial charge on any atom is -0.351 e. The Balaban J connectivity index is 1.83. The van der Waals surface area contributed by atoms with E-state index in [0.29, 0.717) is 11.5 Å². The molecule has 0 unspecified atom stereocenters. The Morgan fingerprint density at radius 2 is 1.77 bits per heavy atom. The van der Waals surface area contributed by atoms with Crippen molar-refractivity contribution in [2.75, 3.05) is 5.88 Å². The highest BCUT2D eigenvalue weighted by molar-refractivity contribution is 6.27. The predicted molar refractivity (Wildman–Crippen MR) is 99.3 cm³/mol. The molecule has 0 heterocycles. The van der Waals surface area contributed by atoms with Crippen LogP contribution in [0.5, 0.6) is 0 Å². The van der Waals surface area contributed by atoms with Crippen LogP contribution < -0.4 is 5.32 Å². The summed E-state index contributed by atoms with van der Waals surface area (Å²) in [7, 11) is 0. The molecule has 1 aromatic rings. The highest BCUT2D eigenvalue weighted by atomic mass is 35.5. The van der Waals surface area contributed by atoms with Crippen LogP contribution in [0.1, 0.15) is 57.1 Å². The molecule has 2 aliphatic rings. The van der Waals surface area contributed by atoms with Crippen molar-refractivity contribution in [2.24, 2.45) is 5.92 Å². The first kappa shape index (κ1) is 19.2. The van der Waals surface area contributed by atoms with Crippen molar-refractivity contribution in [3.63, 3.8) is 0 Å². The maximum Gasteiger partial charge on any atom is 0.247 e. The number of hydrogen-bond acceptors (Lipinski definition) is 2. The van der Waals surface area contributed by atoms with Crippen LogP contribution in [-0.4, -0.2) is 34.7 Å². The van der Waals surface area contributed by atoms with Crippen molar-refractivity contribution in [2.45, 2.75) is 63.6 Å². The molecule has 2 amide bonds. The second-order valence-electron chi connectivity index (χ2n) is 7.59. The molecule has 142 valence electrons. The number of benzene rings is 1. The third-order valence-electron chi connectivity index (χ3n) is 5.42. The van der Waals surface area contributed by atoms with Gasteiger partial charge in [0.2, 0.25) is 11.8 Å². The quantitative estimate of drug-likeness (QED) is 0.763. The smallest absolute Gasteiger partial charge is 0.247 e. The molecule has 3 rings (SSSR count). The minimum absolute atomic E-state index is 0.0356. The van der Waals surface area contributed by atoms with E-state index in [4.69, 9.17) is 11.6 Å². The van der Waals surface area contributed by atoms with Gasteiger partial charge in [0.1, 0.15) is 17.7 Å². The van der Waals surface area contributed by atoms with Gasteiger partial charge >= 0.3 is 0 Å². The molecule has 4 nitrogen and oxygen atoms in total. The summed E-state index contributed by atoms with van der Waals surface area (Å²) < 4.78 is 13.4. The van der Waals surface area contributed by atoms with Gasteiger partial charge < -0.3 is 10.2 Å². The molecule has 0 radical (unpaired) electrons. The maximum atomic E-state index is 13.4. The summed E-state index contributed by atoms with van der Waals surface area (Å²) in [4.78, 5) is 27.2. The van der Waals surface area contributed by atoms with E-state index in [1.54, 1.807) is 17.0 Å². The van der Waals surface area contributed by atoms with Crippen molar-refractivity contribution in [1.82, 2.24) is 10.2 Å². The number of carbonyl (C=O) groups is 2. The van der Waals surface area contributed by atoms with Crippen molar-refractivity contribution >= 4 is 23.4 Å². The van der Waals surface area contributed by atoms with Crippen LogP contribution in [0.4, 0.5) is 4.39 Å². The number of hydrogen-bond donors (Lipinski definition) is 1. The standard InChI is InChI=1S/C20H26ClFN2O2/c1-13-2-8-16(9-3-13)23-20(26)19(14-4-6-15(22)7-5-14)24(17-10-11-17)18(25)12-21/h4-7,13,16-17,19H,2-3,8-12H2,1H3,(H,23,26)/t13?,16?,19-/m0/s1. The first-order valence-corrected chi connectivity index (χ1v) is 9.96. The number of nitrogens with one attached hydrogen (secondary N) is 1. The lowest BCUT2D eigenvalue weighted by molar-refractivity contribution is -0.140. The van der Waals surface area contributed by atoms with Crippen molar-refractivity contribution in [1.29, 1.82) is 0 Å². The molecule has 1 atom stereocenters. The lowest BCUT2D eigenvalue weighted by atomic mass is 9.87. The van der Waals surface area contributed by atoms with Gasteiger partial charge in [0.25, 0.3) is 0 Å². The van der Waals surface area contributed by atoms with Gasteiger partial charge in [-0.3, -0.25) is 9.59 Å². The number of alkyl halides is 1.